The van der Waals surface area contributed by atoms with Crippen LogP contribution in [0, 0.1) is 3.57 Å². The monoisotopic (exact) mass is 348 g/mol. The summed E-state index contributed by atoms with van der Waals surface area (Å²) in [4.78, 5) is 11.1. The first-order valence-electron chi connectivity index (χ1n) is 4.81. The quantitative estimate of drug-likeness (QED) is 0.466. The van der Waals surface area contributed by atoms with Gasteiger partial charge in [0, 0.05) is 6.07 Å². The molecule has 17 heavy (non-hydrogen) atoms. The molecule has 0 bridgehead atoms. The third-order valence-corrected chi connectivity index (χ3v) is 2.91. The summed E-state index contributed by atoms with van der Waals surface area (Å²) in [5.74, 6) is 0.877. The van der Waals surface area contributed by atoms with Crippen LogP contribution in [0.15, 0.2) is 30.4 Å². The lowest BCUT2D eigenvalue weighted by molar-refractivity contribution is -0.136. The van der Waals surface area contributed by atoms with Gasteiger partial charge in [-0.15, -0.1) is 0 Å². The summed E-state index contributed by atoms with van der Waals surface area (Å²) >= 11 is 2.14. The van der Waals surface area contributed by atoms with Crippen LogP contribution in [0.5, 0.6) is 11.5 Å². The summed E-state index contributed by atoms with van der Waals surface area (Å²) in [6.45, 7) is 3.67. The van der Waals surface area contributed by atoms with Crippen LogP contribution in [-0.2, 0) is 9.53 Å². The molecule has 92 valence electrons. The van der Waals surface area contributed by atoms with Crippen molar-refractivity contribution in [2.45, 2.75) is 0 Å². The van der Waals surface area contributed by atoms with E-state index in [2.05, 4.69) is 33.9 Å². The fraction of sp³-hybridized carbons (Fsp3) is 0.250. The minimum absolute atomic E-state index is 0.0931. The average Bonchev–Trinajstić information content (AvgIpc) is 2.36. The molecule has 4 nitrogen and oxygen atoms in total. The molecule has 0 unspecified atom stereocenters. The van der Waals surface area contributed by atoms with Crippen LogP contribution in [0.25, 0.3) is 0 Å². The number of methoxy groups -OCH3 is 2. The zero-order valence-corrected chi connectivity index (χ0v) is 11.8. The maximum absolute atomic E-state index is 11.1. The van der Waals surface area contributed by atoms with E-state index in [9.17, 15) is 4.79 Å². The molecule has 0 amide bonds. The molecule has 0 heterocycles. The molecule has 0 N–H and O–H groups in total. The number of hydrogen-bond acceptors (Lipinski definition) is 4. The fourth-order valence-electron chi connectivity index (χ4n) is 1.09. The van der Waals surface area contributed by atoms with E-state index in [4.69, 9.17) is 9.47 Å². The van der Waals surface area contributed by atoms with E-state index in [-0.39, 0.29) is 12.2 Å². The first-order chi connectivity index (χ1) is 8.08. The first-order valence-corrected chi connectivity index (χ1v) is 5.88. The van der Waals surface area contributed by atoms with Crippen molar-refractivity contribution in [1.29, 1.82) is 0 Å². The molecule has 1 aromatic carbocycles. The highest BCUT2D eigenvalue weighted by Crippen LogP contribution is 2.26. The number of halogens is 1. The Hall–Kier alpha value is -1.24. The van der Waals surface area contributed by atoms with Gasteiger partial charge in [0.1, 0.15) is 18.1 Å². The Bertz CT molecular complexity index is 429. The van der Waals surface area contributed by atoms with Gasteiger partial charge in [-0.2, -0.15) is 0 Å². The van der Waals surface area contributed by atoms with E-state index in [0.717, 1.165) is 3.57 Å². The normalized spacial score (nSPS) is 9.59. The third-order valence-electron chi connectivity index (χ3n) is 2.01. The second-order valence-electron chi connectivity index (χ2n) is 3.18. The lowest BCUT2D eigenvalue weighted by atomic mass is 10.3. The summed E-state index contributed by atoms with van der Waals surface area (Å²) in [7, 11) is 2.89. The predicted octanol–water partition coefficient (Wildman–Crippen LogP) is 2.41. The second kappa shape index (κ2) is 6.48. The van der Waals surface area contributed by atoms with Crippen molar-refractivity contribution in [3.05, 3.63) is 33.9 Å². The molecule has 0 fully saturated rings. The summed E-state index contributed by atoms with van der Waals surface area (Å²) in [5, 5.41) is 0. The Morgan fingerprint density at radius 2 is 2.12 bits per heavy atom. The zero-order valence-electron chi connectivity index (χ0n) is 9.66. The number of rotatable bonds is 5. The molecule has 1 aromatic rings. The number of ether oxygens (including phenoxy) is 3. The molecule has 0 spiro atoms. The Morgan fingerprint density at radius 1 is 1.41 bits per heavy atom. The lowest BCUT2D eigenvalue weighted by Gasteiger charge is -2.10. The van der Waals surface area contributed by atoms with E-state index in [1.165, 1.54) is 7.11 Å². The Morgan fingerprint density at radius 3 is 2.71 bits per heavy atom. The third kappa shape index (κ3) is 3.92. The molecule has 0 aromatic heterocycles. The zero-order chi connectivity index (χ0) is 12.8. The summed E-state index contributed by atoms with van der Waals surface area (Å²) in [6, 6.07) is 5.46. The van der Waals surface area contributed by atoms with Gasteiger partial charge in [0.05, 0.1) is 23.4 Å². The van der Waals surface area contributed by atoms with Crippen LogP contribution < -0.4 is 9.47 Å². The Kier molecular flexibility index (Phi) is 5.27. The lowest BCUT2D eigenvalue weighted by Crippen LogP contribution is -2.11. The maximum atomic E-state index is 11.1. The summed E-state index contributed by atoms with van der Waals surface area (Å²) in [5.41, 5.74) is 0.270. The van der Waals surface area contributed by atoms with Crippen molar-refractivity contribution >= 4 is 28.6 Å². The summed E-state index contributed by atoms with van der Waals surface area (Å²) < 4.78 is 16.0. The minimum Gasteiger partial charge on any atom is -0.497 e. The molecule has 0 aliphatic heterocycles. The van der Waals surface area contributed by atoms with E-state index < -0.39 is 5.97 Å². The van der Waals surface area contributed by atoms with E-state index >= 15 is 0 Å². The standard InChI is InChI=1S/C12H13IO4/c1-8(12(14)16-3)7-17-11-6-9(15-2)4-5-10(11)13/h4-6H,1,7H2,2-3H3. The molecule has 5 heteroatoms. The molecule has 0 atom stereocenters. The predicted molar refractivity (Wildman–Crippen MR) is 72.4 cm³/mol. The number of carbonyl (C=O) groups is 1. The number of hydrogen-bond donors (Lipinski definition) is 0. The number of esters is 1. The van der Waals surface area contributed by atoms with Gasteiger partial charge in [-0.3, -0.25) is 0 Å². The molecule has 0 aliphatic rings. The molecular weight excluding hydrogens is 335 g/mol. The van der Waals surface area contributed by atoms with Crippen molar-refractivity contribution in [2.75, 3.05) is 20.8 Å². The van der Waals surface area contributed by atoms with Crippen molar-refractivity contribution in [3.8, 4) is 11.5 Å². The van der Waals surface area contributed by atoms with Gasteiger partial charge in [0.2, 0.25) is 0 Å². The van der Waals surface area contributed by atoms with E-state index in [0.29, 0.717) is 11.5 Å². The molecule has 0 radical (unpaired) electrons. The van der Waals surface area contributed by atoms with Gasteiger partial charge in [0.25, 0.3) is 0 Å². The van der Waals surface area contributed by atoms with Crippen LogP contribution in [0.3, 0.4) is 0 Å². The highest BCUT2D eigenvalue weighted by Gasteiger charge is 2.09. The SMILES string of the molecule is C=C(COc1cc(OC)ccc1I)C(=O)OC. The number of carbonyl (C=O) groups excluding carboxylic acids is 1. The van der Waals surface area contributed by atoms with Crippen molar-refractivity contribution in [3.63, 3.8) is 0 Å². The first kappa shape index (κ1) is 13.8. The number of benzene rings is 1. The largest absolute Gasteiger partial charge is 0.497 e. The van der Waals surface area contributed by atoms with Gasteiger partial charge in [-0.05, 0) is 34.7 Å². The van der Waals surface area contributed by atoms with Gasteiger partial charge < -0.3 is 14.2 Å². The molecule has 0 saturated carbocycles. The van der Waals surface area contributed by atoms with Crippen molar-refractivity contribution in [1.82, 2.24) is 0 Å². The smallest absolute Gasteiger partial charge is 0.336 e. The summed E-state index contributed by atoms with van der Waals surface area (Å²) in [6.07, 6.45) is 0. The maximum Gasteiger partial charge on any atom is 0.336 e. The van der Waals surface area contributed by atoms with Gasteiger partial charge in [0.15, 0.2) is 0 Å². The average molecular weight is 348 g/mol. The van der Waals surface area contributed by atoms with E-state index in [1.54, 1.807) is 13.2 Å². The van der Waals surface area contributed by atoms with E-state index in [1.807, 2.05) is 12.1 Å². The van der Waals surface area contributed by atoms with Crippen molar-refractivity contribution in [2.24, 2.45) is 0 Å². The van der Waals surface area contributed by atoms with Gasteiger partial charge >= 0.3 is 5.97 Å². The van der Waals surface area contributed by atoms with Crippen LogP contribution in [0.2, 0.25) is 0 Å². The highest BCUT2D eigenvalue weighted by molar-refractivity contribution is 14.1. The Balaban J connectivity index is 2.68. The Labute approximate surface area is 114 Å². The molecule has 0 aliphatic carbocycles. The topological polar surface area (TPSA) is 44.8 Å². The molecular formula is C12H13IO4. The molecule has 0 saturated heterocycles. The van der Waals surface area contributed by atoms with Crippen LogP contribution in [-0.4, -0.2) is 26.8 Å². The second-order valence-corrected chi connectivity index (χ2v) is 4.34. The highest BCUT2D eigenvalue weighted by atomic mass is 127. The molecule has 1 rings (SSSR count). The van der Waals surface area contributed by atoms with Crippen LogP contribution >= 0.6 is 22.6 Å². The minimum atomic E-state index is -0.470. The van der Waals surface area contributed by atoms with Gasteiger partial charge in [-0.1, -0.05) is 6.58 Å². The van der Waals surface area contributed by atoms with Crippen molar-refractivity contribution < 1.29 is 19.0 Å². The van der Waals surface area contributed by atoms with Gasteiger partial charge in [-0.25, -0.2) is 4.79 Å². The van der Waals surface area contributed by atoms with Crippen LogP contribution in [0.4, 0.5) is 0 Å². The fourth-order valence-corrected chi connectivity index (χ4v) is 1.58. The van der Waals surface area contributed by atoms with Crippen LogP contribution in [0.1, 0.15) is 0 Å².